The zero-order chi connectivity index (χ0) is 20.9. The van der Waals surface area contributed by atoms with E-state index in [2.05, 4.69) is 9.13 Å². The van der Waals surface area contributed by atoms with Gasteiger partial charge in [0.2, 0.25) is 5.75 Å². The minimum absolute atomic E-state index is 0.171. The Kier molecular flexibility index (Phi) is 6.31. The molecule has 0 aliphatic heterocycles. The van der Waals surface area contributed by atoms with Gasteiger partial charge in [-0.1, -0.05) is 18.2 Å². The SMILES string of the molecule is COC(=O)c1cc([N+](=O)[O-])c(Oc2ccccc2)c(S(=O)(=O)/N=C\N(C)C)c1. The zero-order valence-corrected chi connectivity index (χ0v) is 16.0. The normalized spacial score (nSPS) is 11.2. The molecule has 0 amide bonds. The number of nitro groups is 1. The summed E-state index contributed by atoms with van der Waals surface area (Å²) in [7, 11) is -0.267. The van der Waals surface area contributed by atoms with Crippen LogP contribution in [-0.4, -0.2) is 51.8 Å². The van der Waals surface area contributed by atoms with Crippen LogP contribution < -0.4 is 4.74 Å². The molecule has 0 aliphatic rings. The average molecular weight is 407 g/mol. The van der Waals surface area contributed by atoms with Crippen LogP contribution in [0.5, 0.6) is 11.5 Å². The molecule has 0 unspecified atom stereocenters. The fourth-order valence-electron chi connectivity index (χ4n) is 2.07. The standard InChI is InChI=1S/C17H17N3O7S/c1-19(2)11-18-28(24,25)15-10-12(17(21)26-3)9-14(20(22)23)16(15)27-13-7-5-4-6-8-13/h4-11H,1-3H3/b18-11-. The van der Waals surface area contributed by atoms with Crippen LogP contribution in [0.3, 0.4) is 0 Å². The van der Waals surface area contributed by atoms with Gasteiger partial charge in [-0.25, -0.2) is 4.79 Å². The quantitative estimate of drug-likeness (QED) is 0.225. The Balaban J connectivity index is 2.78. The maximum Gasteiger partial charge on any atom is 0.338 e. The lowest BCUT2D eigenvalue weighted by Gasteiger charge is -2.12. The van der Waals surface area contributed by atoms with Gasteiger partial charge in [-0.2, -0.15) is 8.42 Å². The van der Waals surface area contributed by atoms with Crippen molar-refractivity contribution < 1.29 is 27.6 Å². The highest BCUT2D eigenvalue weighted by atomic mass is 32.2. The molecule has 0 aliphatic carbocycles. The van der Waals surface area contributed by atoms with Gasteiger partial charge in [0, 0.05) is 20.2 Å². The Morgan fingerprint density at radius 3 is 2.39 bits per heavy atom. The number of benzene rings is 2. The molecule has 0 aromatic heterocycles. The Morgan fingerprint density at radius 1 is 1.21 bits per heavy atom. The van der Waals surface area contributed by atoms with Crippen LogP contribution in [0.4, 0.5) is 5.69 Å². The lowest BCUT2D eigenvalue weighted by molar-refractivity contribution is -0.385. The smallest absolute Gasteiger partial charge is 0.338 e. The largest absolute Gasteiger partial charge is 0.465 e. The van der Waals surface area contributed by atoms with Gasteiger partial charge in [-0.15, -0.1) is 4.40 Å². The number of nitro benzene ring substituents is 1. The second-order valence-corrected chi connectivity index (χ2v) is 7.25. The molecule has 0 saturated carbocycles. The molecule has 2 rings (SSSR count). The number of esters is 1. The first-order chi connectivity index (χ1) is 13.2. The fourth-order valence-corrected chi connectivity index (χ4v) is 3.16. The number of hydrogen-bond acceptors (Lipinski definition) is 7. The Bertz CT molecular complexity index is 1020. The lowest BCUT2D eigenvalue weighted by atomic mass is 10.2. The summed E-state index contributed by atoms with van der Waals surface area (Å²) >= 11 is 0. The van der Waals surface area contributed by atoms with E-state index in [9.17, 15) is 23.3 Å². The Hall–Kier alpha value is -3.47. The van der Waals surface area contributed by atoms with E-state index in [0.717, 1.165) is 25.6 Å². The molecule has 0 atom stereocenters. The number of ether oxygens (including phenoxy) is 2. The summed E-state index contributed by atoms with van der Waals surface area (Å²) in [6, 6.07) is 9.73. The summed E-state index contributed by atoms with van der Waals surface area (Å²) in [5.41, 5.74) is -1.04. The van der Waals surface area contributed by atoms with Crippen LogP contribution in [0.1, 0.15) is 10.4 Å². The molecular formula is C17H17N3O7S. The molecule has 0 spiro atoms. The van der Waals surface area contributed by atoms with Gasteiger partial charge in [-0.3, -0.25) is 10.1 Å². The van der Waals surface area contributed by atoms with E-state index >= 15 is 0 Å². The van der Waals surface area contributed by atoms with Gasteiger partial charge in [0.1, 0.15) is 17.0 Å². The topological polar surface area (TPSA) is 128 Å². The molecule has 2 aromatic rings. The van der Waals surface area contributed by atoms with Crippen molar-refractivity contribution in [3.8, 4) is 11.5 Å². The minimum Gasteiger partial charge on any atom is -0.465 e. The predicted octanol–water partition coefficient (Wildman–Crippen LogP) is 2.45. The van der Waals surface area contributed by atoms with E-state index in [-0.39, 0.29) is 11.3 Å². The maximum absolute atomic E-state index is 12.7. The van der Waals surface area contributed by atoms with Crippen molar-refractivity contribution in [1.29, 1.82) is 0 Å². The van der Waals surface area contributed by atoms with E-state index in [0.29, 0.717) is 0 Å². The van der Waals surface area contributed by atoms with Crippen LogP contribution in [0.25, 0.3) is 0 Å². The molecule has 28 heavy (non-hydrogen) atoms. The molecule has 148 valence electrons. The van der Waals surface area contributed by atoms with Crippen molar-refractivity contribution in [3.05, 3.63) is 58.1 Å². The van der Waals surface area contributed by atoms with Gasteiger partial charge < -0.3 is 14.4 Å². The van der Waals surface area contributed by atoms with Crippen LogP contribution in [-0.2, 0) is 14.8 Å². The van der Waals surface area contributed by atoms with Crippen LogP contribution in [0, 0.1) is 10.1 Å². The van der Waals surface area contributed by atoms with Gasteiger partial charge in [0.15, 0.2) is 0 Å². The molecule has 0 radical (unpaired) electrons. The van der Waals surface area contributed by atoms with Crippen molar-refractivity contribution in [2.45, 2.75) is 4.90 Å². The van der Waals surface area contributed by atoms with Crippen LogP contribution in [0.2, 0.25) is 0 Å². The Labute approximate surface area is 161 Å². The van der Waals surface area contributed by atoms with Crippen molar-refractivity contribution in [1.82, 2.24) is 4.90 Å². The third kappa shape index (κ3) is 4.82. The molecule has 0 saturated heterocycles. The van der Waals surface area contributed by atoms with Gasteiger partial charge in [0.25, 0.3) is 10.0 Å². The molecule has 10 nitrogen and oxygen atoms in total. The van der Waals surface area contributed by atoms with Gasteiger partial charge >= 0.3 is 11.7 Å². The van der Waals surface area contributed by atoms with Crippen LogP contribution >= 0.6 is 0 Å². The highest BCUT2D eigenvalue weighted by molar-refractivity contribution is 7.90. The summed E-state index contributed by atoms with van der Waals surface area (Å²) in [5, 5.41) is 11.6. The third-order valence-electron chi connectivity index (χ3n) is 3.31. The summed E-state index contributed by atoms with van der Waals surface area (Å²) in [5.74, 6) is -1.33. The average Bonchev–Trinajstić information content (AvgIpc) is 2.66. The second kappa shape index (κ2) is 8.48. The number of sulfonamides is 1. The highest BCUT2D eigenvalue weighted by Gasteiger charge is 2.31. The first-order valence-corrected chi connectivity index (χ1v) is 9.20. The highest BCUT2D eigenvalue weighted by Crippen LogP contribution is 2.39. The predicted molar refractivity (Wildman–Crippen MR) is 100 cm³/mol. The first-order valence-electron chi connectivity index (χ1n) is 7.76. The lowest BCUT2D eigenvalue weighted by Crippen LogP contribution is -2.12. The number of rotatable bonds is 7. The molecule has 0 N–H and O–H groups in total. The molecule has 0 bridgehead atoms. The maximum atomic E-state index is 12.7. The zero-order valence-electron chi connectivity index (χ0n) is 15.2. The van der Waals surface area contributed by atoms with E-state index in [4.69, 9.17) is 4.74 Å². The number of methoxy groups -OCH3 is 1. The monoisotopic (exact) mass is 407 g/mol. The second-order valence-electron chi connectivity index (χ2n) is 5.65. The summed E-state index contributed by atoms with van der Waals surface area (Å²) in [6.07, 6.45) is 1.01. The van der Waals surface area contributed by atoms with Crippen LogP contribution in [0.15, 0.2) is 51.8 Å². The van der Waals surface area contributed by atoms with Crippen molar-refractivity contribution in [2.24, 2.45) is 4.40 Å². The number of para-hydroxylation sites is 1. The number of hydrogen-bond donors (Lipinski definition) is 0. The minimum atomic E-state index is -4.44. The van der Waals surface area contributed by atoms with E-state index in [1.54, 1.807) is 32.3 Å². The summed E-state index contributed by atoms with van der Waals surface area (Å²) < 4.78 is 38.9. The molecule has 0 heterocycles. The van der Waals surface area contributed by atoms with E-state index < -0.39 is 37.2 Å². The first kappa shape index (κ1) is 20.8. The van der Waals surface area contributed by atoms with Gasteiger partial charge in [-0.05, 0) is 18.2 Å². The van der Waals surface area contributed by atoms with Gasteiger partial charge in [0.05, 0.1) is 17.6 Å². The molecule has 0 fully saturated rings. The summed E-state index contributed by atoms with van der Waals surface area (Å²) in [6.45, 7) is 0. The molecule has 11 heteroatoms. The van der Waals surface area contributed by atoms with E-state index in [1.807, 2.05) is 0 Å². The summed E-state index contributed by atoms with van der Waals surface area (Å²) in [4.78, 5) is 23.3. The van der Waals surface area contributed by atoms with Crippen molar-refractivity contribution in [2.75, 3.05) is 21.2 Å². The Morgan fingerprint density at radius 2 is 1.86 bits per heavy atom. The number of nitrogens with zero attached hydrogens (tertiary/aromatic N) is 3. The van der Waals surface area contributed by atoms with Crippen molar-refractivity contribution in [3.63, 3.8) is 0 Å². The van der Waals surface area contributed by atoms with E-state index in [1.165, 1.54) is 17.0 Å². The molecular weight excluding hydrogens is 390 g/mol. The number of carbonyl (C=O) groups excluding carboxylic acids is 1. The third-order valence-corrected chi connectivity index (χ3v) is 4.54. The van der Waals surface area contributed by atoms with Crippen molar-refractivity contribution >= 4 is 28.0 Å². The number of carbonyl (C=O) groups is 1. The fraction of sp³-hybridized carbons (Fsp3) is 0.176. The molecule has 2 aromatic carbocycles.